The highest BCUT2D eigenvalue weighted by atomic mass is 15.1. The summed E-state index contributed by atoms with van der Waals surface area (Å²) in [6, 6.07) is 21.7. The Hall–Kier alpha value is -1.86. The minimum atomic E-state index is 1.10. The number of allylic oxidation sites excluding steroid dienone is 1. The van der Waals surface area contributed by atoms with Gasteiger partial charge in [0.05, 0.1) is 0 Å². The Balaban J connectivity index is 1.69. The maximum Gasteiger partial charge on any atom is 0.0169 e. The van der Waals surface area contributed by atoms with E-state index in [1.165, 1.54) is 42.6 Å². The van der Waals surface area contributed by atoms with Crippen LogP contribution < -0.4 is 0 Å². The smallest absolute Gasteiger partial charge is 0.0169 e. The Morgan fingerprint density at radius 1 is 0.864 bits per heavy atom. The Labute approximate surface area is 134 Å². The van der Waals surface area contributed by atoms with E-state index in [1.54, 1.807) is 0 Å². The van der Waals surface area contributed by atoms with Crippen LogP contribution >= 0.6 is 0 Å². The minimum absolute atomic E-state index is 1.10. The molecule has 1 nitrogen and oxygen atoms in total. The zero-order valence-electron chi connectivity index (χ0n) is 13.2. The van der Waals surface area contributed by atoms with Gasteiger partial charge in [0.1, 0.15) is 0 Å². The molecule has 22 heavy (non-hydrogen) atoms. The molecule has 3 rings (SSSR count). The molecule has 1 heteroatoms. The second kappa shape index (κ2) is 7.95. The predicted octanol–water partition coefficient (Wildman–Crippen LogP) is 4.80. The number of hydrogen-bond acceptors (Lipinski definition) is 1. The lowest BCUT2D eigenvalue weighted by Crippen LogP contribution is -2.19. The van der Waals surface area contributed by atoms with Crippen molar-refractivity contribution < 1.29 is 0 Å². The van der Waals surface area contributed by atoms with Crippen LogP contribution in [0.25, 0.3) is 5.57 Å². The van der Waals surface area contributed by atoms with Crippen LogP contribution in [0.2, 0.25) is 0 Å². The molecule has 1 aliphatic heterocycles. The number of benzene rings is 2. The van der Waals surface area contributed by atoms with Crippen molar-refractivity contribution in [3.63, 3.8) is 0 Å². The Morgan fingerprint density at radius 2 is 1.50 bits per heavy atom. The molecular formula is C21H25N. The van der Waals surface area contributed by atoms with E-state index in [4.69, 9.17) is 0 Å². The molecule has 0 N–H and O–H groups in total. The van der Waals surface area contributed by atoms with E-state index >= 15 is 0 Å². The van der Waals surface area contributed by atoms with Crippen molar-refractivity contribution in [3.8, 4) is 0 Å². The first kappa shape index (κ1) is 15.1. The molecule has 0 amide bonds. The molecule has 1 saturated heterocycles. The molecule has 0 bridgehead atoms. The quantitative estimate of drug-likeness (QED) is 0.739. The van der Waals surface area contributed by atoms with Crippen molar-refractivity contribution in [2.45, 2.75) is 25.7 Å². The van der Waals surface area contributed by atoms with Crippen LogP contribution in [0.4, 0.5) is 0 Å². The summed E-state index contributed by atoms with van der Waals surface area (Å²) in [7, 11) is 0. The van der Waals surface area contributed by atoms with Gasteiger partial charge in [0.25, 0.3) is 0 Å². The first-order valence-corrected chi connectivity index (χ1v) is 8.42. The molecule has 114 valence electrons. The van der Waals surface area contributed by atoms with Crippen molar-refractivity contribution in [1.82, 2.24) is 4.90 Å². The number of hydrogen-bond donors (Lipinski definition) is 0. The summed E-state index contributed by atoms with van der Waals surface area (Å²) in [6.07, 6.45) is 7.39. The van der Waals surface area contributed by atoms with Crippen molar-refractivity contribution in [2.75, 3.05) is 19.6 Å². The number of nitrogens with zero attached hydrogens (tertiary/aromatic N) is 1. The lowest BCUT2D eigenvalue weighted by atomic mass is 9.98. The van der Waals surface area contributed by atoms with E-state index in [0.29, 0.717) is 0 Å². The van der Waals surface area contributed by atoms with Crippen molar-refractivity contribution in [3.05, 3.63) is 77.9 Å². The molecule has 0 unspecified atom stereocenters. The monoisotopic (exact) mass is 291 g/mol. The van der Waals surface area contributed by atoms with Crippen LogP contribution in [0.15, 0.2) is 66.7 Å². The molecule has 0 saturated carbocycles. The zero-order valence-corrected chi connectivity index (χ0v) is 13.2. The average molecular weight is 291 g/mol. The van der Waals surface area contributed by atoms with Gasteiger partial charge >= 0.3 is 0 Å². The molecule has 2 aromatic rings. The van der Waals surface area contributed by atoms with E-state index in [-0.39, 0.29) is 0 Å². The Bertz CT molecular complexity index is 580. The van der Waals surface area contributed by atoms with Gasteiger partial charge in [-0.05, 0) is 55.5 Å². The van der Waals surface area contributed by atoms with Crippen LogP contribution in [-0.2, 0) is 6.42 Å². The summed E-state index contributed by atoms with van der Waals surface area (Å²) in [5, 5.41) is 0. The molecule has 0 radical (unpaired) electrons. The van der Waals surface area contributed by atoms with E-state index in [0.717, 1.165) is 19.4 Å². The summed E-state index contributed by atoms with van der Waals surface area (Å²) in [5.74, 6) is 0. The summed E-state index contributed by atoms with van der Waals surface area (Å²) < 4.78 is 0. The average Bonchev–Trinajstić information content (AvgIpc) is 3.10. The Morgan fingerprint density at radius 3 is 2.18 bits per heavy atom. The lowest BCUT2D eigenvalue weighted by molar-refractivity contribution is 0.377. The molecule has 2 aromatic carbocycles. The largest absolute Gasteiger partial charge is 0.300 e. The van der Waals surface area contributed by atoms with Crippen molar-refractivity contribution in [2.24, 2.45) is 0 Å². The SMILES string of the molecule is C(CN1CCCC1)=C(CCc1ccccc1)c1ccccc1. The van der Waals surface area contributed by atoms with E-state index in [1.807, 2.05) is 0 Å². The fourth-order valence-electron chi connectivity index (χ4n) is 3.14. The van der Waals surface area contributed by atoms with Crippen molar-refractivity contribution >= 4 is 5.57 Å². The van der Waals surface area contributed by atoms with E-state index < -0.39 is 0 Å². The molecule has 0 aliphatic carbocycles. The second-order valence-electron chi connectivity index (χ2n) is 6.09. The van der Waals surface area contributed by atoms with Crippen LogP contribution in [0.3, 0.4) is 0 Å². The standard InChI is InChI=1S/C21H25N/c1-3-9-19(10-4-1)13-14-21(20-11-5-2-6-12-20)15-18-22-16-7-8-17-22/h1-6,9-12,15H,7-8,13-14,16-18H2. The topological polar surface area (TPSA) is 3.24 Å². The molecule has 0 spiro atoms. The first-order valence-electron chi connectivity index (χ1n) is 8.42. The third-order valence-electron chi connectivity index (χ3n) is 4.46. The number of aryl methyl sites for hydroxylation is 1. The van der Waals surface area contributed by atoms with Gasteiger partial charge in [-0.2, -0.15) is 0 Å². The second-order valence-corrected chi connectivity index (χ2v) is 6.09. The molecule has 0 aromatic heterocycles. The molecule has 1 heterocycles. The highest BCUT2D eigenvalue weighted by molar-refractivity contribution is 5.65. The van der Waals surface area contributed by atoms with Gasteiger partial charge in [-0.1, -0.05) is 66.7 Å². The number of rotatable bonds is 6. The lowest BCUT2D eigenvalue weighted by Gasteiger charge is -2.14. The first-order chi connectivity index (χ1) is 10.9. The highest BCUT2D eigenvalue weighted by Gasteiger charge is 2.10. The van der Waals surface area contributed by atoms with Gasteiger partial charge < -0.3 is 0 Å². The fraction of sp³-hybridized carbons (Fsp3) is 0.333. The van der Waals surface area contributed by atoms with Crippen molar-refractivity contribution in [1.29, 1.82) is 0 Å². The van der Waals surface area contributed by atoms with E-state index in [9.17, 15) is 0 Å². The third-order valence-corrected chi connectivity index (χ3v) is 4.46. The van der Waals surface area contributed by atoms with E-state index in [2.05, 4.69) is 71.6 Å². The van der Waals surface area contributed by atoms with Crippen LogP contribution in [0.5, 0.6) is 0 Å². The highest BCUT2D eigenvalue weighted by Crippen LogP contribution is 2.21. The summed E-state index contributed by atoms with van der Waals surface area (Å²) in [6.45, 7) is 3.62. The van der Waals surface area contributed by atoms with Gasteiger partial charge in [-0.3, -0.25) is 4.90 Å². The summed E-state index contributed by atoms with van der Waals surface area (Å²) >= 11 is 0. The van der Waals surface area contributed by atoms with Gasteiger partial charge in [-0.25, -0.2) is 0 Å². The van der Waals surface area contributed by atoms with Crippen LogP contribution in [0.1, 0.15) is 30.4 Å². The molecule has 1 aliphatic rings. The maximum atomic E-state index is 2.56. The zero-order chi connectivity index (χ0) is 15.0. The number of likely N-dealkylation sites (tertiary alicyclic amines) is 1. The molecule has 0 atom stereocenters. The van der Waals surface area contributed by atoms with Crippen LogP contribution in [-0.4, -0.2) is 24.5 Å². The maximum absolute atomic E-state index is 2.56. The molecule has 1 fully saturated rings. The van der Waals surface area contributed by atoms with Gasteiger partial charge in [0, 0.05) is 6.54 Å². The Kier molecular flexibility index (Phi) is 5.44. The minimum Gasteiger partial charge on any atom is -0.300 e. The predicted molar refractivity (Wildman–Crippen MR) is 94.9 cm³/mol. The van der Waals surface area contributed by atoms with Gasteiger partial charge in [-0.15, -0.1) is 0 Å². The normalized spacial score (nSPS) is 16.1. The summed E-state index contributed by atoms with van der Waals surface area (Å²) in [5.41, 5.74) is 4.28. The summed E-state index contributed by atoms with van der Waals surface area (Å²) in [4.78, 5) is 2.56. The van der Waals surface area contributed by atoms with Gasteiger partial charge in [0.2, 0.25) is 0 Å². The molecular weight excluding hydrogens is 266 g/mol. The van der Waals surface area contributed by atoms with Crippen LogP contribution in [0, 0.1) is 0 Å². The fourth-order valence-corrected chi connectivity index (χ4v) is 3.14. The third kappa shape index (κ3) is 4.32. The van der Waals surface area contributed by atoms with Gasteiger partial charge in [0.15, 0.2) is 0 Å².